The summed E-state index contributed by atoms with van der Waals surface area (Å²) in [4.78, 5) is 1.13. The first kappa shape index (κ1) is 11.4. The smallest absolute Gasteiger partial charge is 0.137 e. The van der Waals surface area contributed by atoms with Crippen molar-refractivity contribution in [1.29, 1.82) is 0 Å². The van der Waals surface area contributed by atoms with Gasteiger partial charge in [-0.2, -0.15) is 0 Å². The Morgan fingerprint density at radius 3 is 2.43 bits per heavy atom. The first-order valence-electron chi connectivity index (χ1n) is 4.51. The second-order valence-electron chi connectivity index (χ2n) is 3.76. The van der Waals surface area contributed by atoms with E-state index in [9.17, 15) is 0 Å². The zero-order valence-electron chi connectivity index (χ0n) is 9.13. The molecule has 1 aromatic carbocycles. The summed E-state index contributed by atoms with van der Waals surface area (Å²) in [5, 5.41) is 0. The number of nitrogens with two attached hydrogens (primary N) is 1. The van der Waals surface area contributed by atoms with E-state index in [1.165, 1.54) is 0 Å². The summed E-state index contributed by atoms with van der Waals surface area (Å²) in [6.45, 7) is 3.96. The van der Waals surface area contributed by atoms with Crippen molar-refractivity contribution in [3.8, 4) is 5.75 Å². The topological polar surface area (TPSA) is 35.2 Å². The Hall–Kier alpha value is -0.670. The lowest BCUT2D eigenvalue weighted by molar-refractivity contribution is 0.385. The molecule has 0 radical (unpaired) electrons. The van der Waals surface area contributed by atoms with Crippen molar-refractivity contribution in [2.75, 3.05) is 13.4 Å². The number of benzene rings is 1. The quantitative estimate of drug-likeness (QED) is 0.781. The minimum absolute atomic E-state index is 0.364. The molecule has 0 aliphatic rings. The SMILES string of the molecule is COc1c(SC)cccc1C(C)(C)N. The number of para-hydroxylation sites is 1. The van der Waals surface area contributed by atoms with Crippen LogP contribution in [0.15, 0.2) is 23.1 Å². The molecule has 1 rings (SSSR count). The molecule has 0 fully saturated rings. The maximum Gasteiger partial charge on any atom is 0.137 e. The van der Waals surface area contributed by atoms with E-state index in [1.54, 1.807) is 18.9 Å². The summed E-state index contributed by atoms with van der Waals surface area (Å²) in [5.41, 5.74) is 6.75. The average molecular weight is 211 g/mol. The van der Waals surface area contributed by atoms with Crippen LogP contribution in [-0.4, -0.2) is 13.4 Å². The van der Waals surface area contributed by atoms with Gasteiger partial charge in [0.1, 0.15) is 5.75 Å². The standard InChI is InChI=1S/C11H17NOS/c1-11(2,12)8-6-5-7-9(14-4)10(8)13-3/h5-7H,12H2,1-4H3. The van der Waals surface area contributed by atoms with Gasteiger partial charge in [-0.1, -0.05) is 12.1 Å². The van der Waals surface area contributed by atoms with E-state index in [0.717, 1.165) is 16.2 Å². The number of hydrogen-bond acceptors (Lipinski definition) is 3. The molecule has 0 bridgehead atoms. The predicted octanol–water partition coefficient (Wildman–Crippen LogP) is 2.61. The molecule has 0 aliphatic heterocycles. The van der Waals surface area contributed by atoms with Crippen LogP contribution in [0.25, 0.3) is 0 Å². The van der Waals surface area contributed by atoms with E-state index in [4.69, 9.17) is 10.5 Å². The van der Waals surface area contributed by atoms with Gasteiger partial charge in [0, 0.05) is 16.0 Å². The molecule has 2 nitrogen and oxygen atoms in total. The Labute approximate surface area is 89.8 Å². The first-order chi connectivity index (χ1) is 6.50. The van der Waals surface area contributed by atoms with E-state index in [2.05, 4.69) is 0 Å². The average Bonchev–Trinajstić information content (AvgIpc) is 2.15. The molecule has 1 aromatic rings. The Bertz CT molecular complexity index is 318. The summed E-state index contributed by atoms with van der Waals surface area (Å²) in [7, 11) is 1.68. The lowest BCUT2D eigenvalue weighted by Gasteiger charge is -2.23. The third-order valence-electron chi connectivity index (χ3n) is 2.10. The highest BCUT2D eigenvalue weighted by Crippen LogP contribution is 2.35. The molecule has 2 N–H and O–H groups in total. The Morgan fingerprint density at radius 1 is 1.36 bits per heavy atom. The van der Waals surface area contributed by atoms with Crippen LogP contribution in [0.1, 0.15) is 19.4 Å². The third-order valence-corrected chi connectivity index (χ3v) is 2.86. The van der Waals surface area contributed by atoms with E-state index in [-0.39, 0.29) is 5.54 Å². The van der Waals surface area contributed by atoms with Gasteiger partial charge in [-0.25, -0.2) is 0 Å². The Morgan fingerprint density at radius 2 is 2.00 bits per heavy atom. The molecular weight excluding hydrogens is 194 g/mol. The van der Waals surface area contributed by atoms with Crippen LogP contribution in [0.4, 0.5) is 0 Å². The van der Waals surface area contributed by atoms with Gasteiger partial charge in [0.15, 0.2) is 0 Å². The second kappa shape index (κ2) is 4.24. The number of rotatable bonds is 3. The molecule has 0 atom stereocenters. The van der Waals surface area contributed by atoms with Crippen LogP contribution in [0.5, 0.6) is 5.75 Å². The highest BCUT2D eigenvalue weighted by molar-refractivity contribution is 7.98. The van der Waals surface area contributed by atoms with Gasteiger partial charge < -0.3 is 10.5 Å². The highest BCUT2D eigenvalue weighted by Gasteiger charge is 2.20. The van der Waals surface area contributed by atoms with Gasteiger partial charge in [0.25, 0.3) is 0 Å². The molecule has 0 spiro atoms. The number of ether oxygens (including phenoxy) is 1. The summed E-state index contributed by atoms with van der Waals surface area (Å²) in [6.07, 6.45) is 2.03. The number of methoxy groups -OCH3 is 1. The zero-order chi connectivity index (χ0) is 10.8. The zero-order valence-corrected chi connectivity index (χ0v) is 9.94. The van der Waals surface area contributed by atoms with Crippen LogP contribution in [0.3, 0.4) is 0 Å². The minimum atomic E-state index is -0.364. The van der Waals surface area contributed by atoms with Crippen molar-refractivity contribution in [2.45, 2.75) is 24.3 Å². The largest absolute Gasteiger partial charge is 0.495 e. The van der Waals surface area contributed by atoms with Crippen LogP contribution in [0.2, 0.25) is 0 Å². The van der Waals surface area contributed by atoms with E-state index >= 15 is 0 Å². The Balaban J connectivity index is 3.29. The lowest BCUT2D eigenvalue weighted by Crippen LogP contribution is -2.29. The van der Waals surface area contributed by atoms with Gasteiger partial charge in [-0.15, -0.1) is 11.8 Å². The van der Waals surface area contributed by atoms with Gasteiger partial charge in [0.2, 0.25) is 0 Å². The maximum absolute atomic E-state index is 6.07. The fourth-order valence-corrected chi connectivity index (χ4v) is 1.99. The van der Waals surface area contributed by atoms with Crippen molar-refractivity contribution in [3.63, 3.8) is 0 Å². The molecule has 0 aromatic heterocycles. The second-order valence-corrected chi connectivity index (χ2v) is 4.61. The van der Waals surface area contributed by atoms with Crippen molar-refractivity contribution in [2.24, 2.45) is 5.73 Å². The van der Waals surface area contributed by atoms with Crippen molar-refractivity contribution in [3.05, 3.63) is 23.8 Å². The molecule has 14 heavy (non-hydrogen) atoms. The van der Waals surface area contributed by atoms with Gasteiger partial charge in [0.05, 0.1) is 7.11 Å². The number of thioether (sulfide) groups is 1. The maximum atomic E-state index is 6.07. The van der Waals surface area contributed by atoms with E-state index < -0.39 is 0 Å². The molecule has 78 valence electrons. The molecule has 3 heteroatoms. The molecule has 0 aliphatic carbocycles. The normalized spacial score (nSPS) is 11.5. The molecule has 0 saturated heterocycles. The number of hydrogen-bond donors (Lipinski definition) is 1. The summed E-state index contributed by atoms with van der Waals surface area (Å²) < 4.78 is 5.39. The predicted molar refractivity (Wildman–Crippen MR) is 62.0 cm³/mol. The molecule has 0 heterocycles. The van der Waals surface area contributed by atoms with Crippen molar-refractivity contribution in [1.82, 2.24) is 0 Å². The van der Waals surface area contributed by atoms with Crippen LogP contribution in [-0.2, 0) is 5.54 Å². The van der Waals surface area contributed by atoms with E-state index in [1.807, 2.05) is 38.3 Å². The Kier molecular flexibility index (Phi) is 3.45. The van der Waals surface area contributed by atoms with Gasteiger partial charge >= 0.3 is 0 Å². The minimum Gasteiger partial charge on any atom is -0.495 e. The molecule has 0 saturated carbocycles. The summed E-state index contributed by atoms with van der Waals surface area (Å²) in [6, 6.07) is 6.07. The van der Waals surface area contributed by atoms with Crippen LogP contribution >= 0.6 is 11.8 Å². The summed E-state index contributed by atoms with van der Waals surface area (Å²) in [5.74, 6) is 0.896. The fraction of sp³-hybridized carbons (Fsp3) is 0.455. The van der Waals surface area contributed by atoms with Gasteiger partial charge in [-0.3, -0.25) is 0 Å². The third kappa shape index (κ3) is 2.22. The van der Waals surface area contributed by atoms with Crippen molar-refractivity contribution >= 4 is 11.8 Å². The monoisotopic (exact) mass is 211 g/mol. The molecule has 0 amide bonds. The molecular formula is C11H17NOS. The molecule has 0 unspecified atom stereocenters. The van der Waals surface area contributed by atoms with Crippen LogP contribution < -0.4 is 10.5 Å². The van der Waals surface area contributed by atoms with Crippen molar-refractivity contribution < 1.29 is 4.74 Å². The highest BCUT2D eigenvalue weighted by atomic mass is 32.2. The van der Waals surface area contributed by atoms with E-state index in [0.29, 0.717) is 0 Å². The summed E-state index contributed by atoms with van der Waals surface area (Å²) >= 11 is 1.67. The lowest BCUT2D eigenvalue weighted by atomic mass is 9.95. The van der Waals surface area contributed by atoms with Gasteiger partial charge in [-0.05, 0) is 26.2 Å². The fourth-order valence-electron chi connectivity index (χ4n) is 1.39. The first-order valence-corrected chi connectivity index (χ1v) is 5.73. The van der Waals surface area contributed by atoms with Crippen LogP contribution in [0, 0.1) is 0 Å².